The number of hydrogen-bond acceptors (Lipinski definition) is 4. The lowest BCUT2D eigenvalue weighted by Gasteiger charge is -2.28. The van der Waals surface area contributed by atoms with Crippen LogP contribution in [0.2, 0.25) is 0 Å². The summed E-state index contributed by atoms with van der Waals surface area (Å²) in [6.45, 7) is 4.35. The topological polar surface area (TPSA) is 104 Å². The van der Waals surface area contributed by atoms with E-state index >= 15 is 0 Å². The van der Waals surface area contributed by atoms with Gasteiger partial charge >= 0.3 is 5.97 Å². The zero-order valence-corrected chi connectivity index (χ0v) is 12.0. The zero-order chi connectivity index (χ0) is 15.7. The number of sulfonamides is 1. The van der Waals surface area contributed by atoms with Gasteiger partial charge in [0.1, 0.15) is 5.82 Å². The van der Waals surface area contributed by atoms with E-state index in [1.807, 2.05) is 0 Å². The van der Waals surface area contributed by atoms with Crippen molar-refractivity contribution in [2.75, 3.05) is 0 Å². The average Bonchev–Trinajstić information content (AvgIpc) is 2.27. The molecule has 0 saturated heterocycles. The third-order valence-corrected chi connectivity index (χ3v) is 4.59. The largest absolute Gasteiger partial charge is 0.478 e. The number of carboxylic acids is 1. The Morgan fingerprint density at radius 2 is 1.95 bits per heavy atom. The van der Waals surface area contributed by atoms with E-state index in [1.54, 1.807) is 0 Å². The van der Waals surface area contributed by atoms with Crippen molar-refractivity contribution in [3.8, 4) is 0 Å². The summed E-state index contributed by atoms with van der Waals surface area (Å²) < 4.78 is 39.7. The fraction of sp³-hybridized carbons (Fsp3) is 0.417. The smallest absolute Gasteiger partial charge is 0.338 e. The molecule has 0 spiro atoms. The minimum absolute atomic E-state index is 0.384. The zero-order valence-electron chi connectivity index (χ0n) is 11.2. The van der Waals surface area contributed by atoms with Gasteiger partial charge < -0.3 is 10.2 Å². The van der Waals surface area contributed by atoms with Gasteiger partial charge in [-0.2, -0.15) is 0 Å². The predicted molar refractivity (Wildman–Crippen MR) is 69.4 cm³/mol. The summed E-state index contributed by atoms with van der Waals surface area (Å²) in [5.74, 6) is -2.58. The number of hydrogen-bond donors (Lipinski definition) is 3. The van der Waals surface area contributed by atoms with Gasteiger partial charge in [0, 0.05) is 0 Å². The summed E-state index contributed by atoms with van der Waals surface area (Å²) in [4.78, 5) is 10.4. The molecule has 8 heteroatoms. The molecule has 0 aliphatic carbocycles. The van der Waals surface area contributed by atoms with E-state index in [0.29, 0.717) is 0 Å². The van der Waals surface area contributed by atoms with Gasteiger partial charge in [0.05, 0.1) is 22.1 Å². The molecule has 1 aromatic carbocycles. The first-order valence-electron chi connectivity index (χ1n) is 5.72. The summed E-state index contributed by atoms with van der Waals surface area (Å²) in [6.07, 6.45) is -0.975. The van der Waals surface area contributed by atoms with Crippen LogP contribution in [0.1, 0.15) is 31.1 Å². The minimum atomic E-state index is -4.08. The van der Waals surface area contributed by atoms with Crippen LogP contribution in [0.4, 0.5) is 4.39 Å². The van der Waals surface area contributed by atoms with Crippen LogP contribution in [0.3, 0.4) is 0 Å². The maximum Gasteiger partial charge on any atom is 0.338 e. The third-order valence-electron chi connectivity index (χ3n) is 2.92. The highest BCUT2D eigenvalue weighted by Crippen LogP contribution is 2.18. The quantitative estimate of drug-likeness (QED) is 0.752. The lowest BCUT2D eigenvalue weighted by molar-refractivity contribution is 0.0691. The molecular weight excluding hydrogens is 289 g/mol. The van der Waals surface area contributed by atoms with E-state index in [0.717, 1.165) is 18.2 Å². The number of aromatic carboxylic acids is 1. The van der Waals surface area contributed by atoms with Crippen LogP contribution in [0.5, 0.6) is 0 Å². The van der Waals surface area contributed by atoms with Gasteiger partial charge in [0.2, 0.25) is 10.0 Å². The van der Waals surface area contributed by atoms with Gasteiger partial charge in [-0.25, -0.2) is 22.3 Å². The molecule has 20 heavy (non-hydrogen) atoms. The molecule has 0 aromatic heterocycles. The maximum atomic E-state index is 13.2. The lowest BCUT2D eigenvalue weighted by Crippen LogP contribution is -2.50. The molecule has 0 aliphatic rings. The molecule has 112 valence electrons. The van der Waals surface area contributed by atoms with E-state index in [1.165, 1.54) is 20.8 Å². The van der Waals surface area contributed by atoms with Crippen molar-refractivity contribution >= 4 is 16.0 Å². The number of carboxylic acid groups (broad SMARTS) is 1. The van der Waals surface area contributed by atoms with E-state index in [2.05, 4.69) is 4.72 Å². The third kappa shape index (κ3) is 3.53. The molecule has 1 rings (SSSR count). The van der Waals surface area contributed by atoms with Crippen molar-refractivity contribution in [2.24, 2.45) is 0 Å². The van der Waals surface area contributed by atoms with Gasteiger partial charge in [-0.1, -0.05) is 0 Å². The van der Waals surface area contributed by atoms with E-state index in [9.17, 15) is 22.7 Å². The van der Waals surface area contributed by atoms with Crippen LogP contribution in [-0.4, -0.2) is 36.2 Å². The molecule has 0 fully saturated rings. The van der Waals surface area contributed by atoms with Crippen molar-refractivity contribution in [3.05, 3.63) is 29.6 Å². The monoisotopic (exact) mass is 305 g/mol. The SMILES string of the molecule is CC(O)C(C)(C)NS(=O)(=O)c1ccc(F)c(C(=O)O)c1. The number of aliphatic hydroxyl groups is 1. The summed E-state index contributed by atoms with van der Waals surface area (Å²) >= 11 is 0. The Bertz CT molecular complexity index is 625. The van der Waals surface area contributed by atoms with Crippen LogP contribution in [0.25, 0.3) is 0 Å². The number of halogens is 1. The first-order valence-corrected chi connectivity index (χ1v) is 7.20. The first kappa shape index (κ1) is 16.5. The van der Waals surface area contributed by atoms with Gasteiger partial charge in [-0.05, 0) is 39.0 Å². The highest BCUT2D eigenvalue weighted by atomic mass is 32.2. The fourth-order valence-corrected chi connectivity index (χ4v) is 2.83. The van der Waals surface area contributed by atoms with Gasteiger partial charge in [0.25, 0.3) is 0 Å². The Morgan fingerprint density at radius 3 is 2.40 bits per heavy atom. The van der Waals surface area contributed by atoms with Crippen molar-refractivity contribution in [3.63, 3.8) is 0 Å². The van der Waals surface area contributed by atoms with E-state index < -0.39 is 39.0 Å². The van der Waals surface area contributed by atoms with Crippen molar-refractivity contribution < 1.29 is 27.8 Å². The average molecular weight is 305 g/mol. The molecular formula is C12H16FNO5S. The summed E-state index contributed by atoms with van der Waals surface area (Å²) in [7, 11) is -4.08. The minimum Gasteiger partial charge on any atom is -0.478 e. The lowest BCUT2D eigenvalue weighted by atomic mass is 10.0. The molecule has 1 atom stereocenters. The Hall–Kier alpha value is -1.51. The van der Waals surface area contributed by atoms with Crippen LogP contribution < -0.4 is 4.72 Å². The molecule has 1 unspecified atom stereocenters. The Balaban J connectivity index is 3.24. The van der Waals surface area contributed by atoms with E-state index in [4.69, 9.17) is 5.11 Å². The van der Waals surface area contributed by atoms with E-state index in [-0.39, 0.29) is 4.90 Å². The number of carbonyl (C=O) groups is 1. The van der Waals surface area contributed by atoms with Crippen LogP contribution >= 0.6 is 0 Å². The number of benzene rings is 1. The second-order valence-electron chi connectivity index (χ2n) is 4.95. The van der Waals surface area contributed by atoms with Crippen LogP contribution in [-0.2, 0) is 10.0 Å². The maximum absolute atomic E-state index is 13.2. The van der Waals surface area contributed by atoms with Gasteiger partial charge in [0.15, 0.2) is 0 Å². The first-order chi connectivity index (χ1) is 8.97. The fourth-order valence-electron chi connectivity index (χ4n) is 1.33. The molecule has 6 nitrogen and oxygen atoms in total. The van der Waals surface area contributed by atoms with Crippen LogP contribution in [0.15, 0.2) is 23.1 Å². The molecule has 3 N–H and O–H groups in total. The number of aliphatic hydroxyl groups excluding tert-OH is 1. The summed E-state index contributed by atoms with van der Waals surface area (Å²) in [6, 6.07) is 2.47. The van der Waals surface area contributed by atoms with Crippen molar-refractivity contribution in [2.45, 2.75) is 37.3 Å². The van der Waals surface area contributed by atoms with Gasteiger partial charge in [-0.15, -0.1) is 0 Å². The molecule has 0 heterocycles. The normalized spacial score (nSPS) is 14.1. The number of nitrogens with one attached hydrogen (secondary N) is 1. The second-order valence-corrected chi connectivity index (χ2v) is 6.63. The molecule has 0 radical (unpaired) electrons. The highest BCUT2D eigenvalue weighted by molar-refractivity contribution is 7.89. The molecule has 1 aromatic rings. The molecule has 0 bridgehead atoms. The van der Waals surface area contributed by atoms with Crippen molar-refractivity contribution in [1.29, 1.82) is 0 Å². The Labute approximate surface area is 116 Å². The predicted octanol–water partition coefficient (Wildman–Crippen LogP) is 0.962. The molecule has 0 aliphatic heterocycles. The van der Waals surface area contributed by atoms with Crippen molar-refractivity contribution in [1.82, 2.24) is 4.72 Å². The summed E-state index contributed by atoms with van der Waals surface area (Å²) in [5.41, 5.74) is -1.89. The second kappa shape index (κ2) is 5.47. The van der Waals surface area contributed by atoms with Crippen LogP contribution in [0, 0.1) is 5.82 Å². The summed E-state index contributed by atoms with van der Waals surface area (Å²) in [5, 5.41) is 18.3. The molecule has 0 saturated carbocycles. The number of rotatable bonds is 5. The van der Waals surface area contributed by atoms with Gasteiger partial charge in [-0.3, -0.25) is 0 Å². The molecule has 0 amide bonds. The Morgan fingerprint density at radius 1 is 1.40 bits per heavy atom. The Kier molecular flexibility index (Phi) is 4.52. The highest BCUT2D eigenvalue weighted by Gasteiger charge is 2.31. The standard InChI is InChI=1S/C12H16FNO5S/c1-7(15)12(2,3)14-20(18,19)8-4-5-10(13)9(6-8)11(16)17/h4-7,14-15H,1-3H3,(H,16,17).